The number of hydrogen-bond acceptors (Lipinski definition) is 5. The van der Waals surface area contributed by atoms with Gasteiger partial charge < -0.3 is 14.4 Å². The Hall–Kier alpha value is -2.67. The van der Waals surface area contributed by atoms with E-state index in [0.717, 1.165) is 69.3 Å². The lowest BCUT2D eigenvalue weighted by atomic mass is 9.77. The minimum absolute atomic E-state index is 0.0803. The highest BCUT2D eigenvalue weighted by Crippen LogP contribution is 2.43. The smallest absolute Gasteiger partial charge is 0.341 e. The fourth-order valence-electron chi connectivity index (χ4n) is 6.09. The van der Waals surface area contributed by atoms with Crippen LogP contribution in [0.5, 0.6) is 0 Å². The van der Waals surface area contributed by atoms with E-state index < -0.39 is 0 Å². The normalized spacial score (nSPS) is 24.2. The summed E-state index contributed by atoms with van der Waals surface area (Å²) in [5.41, 5.74) is 3.79. The maximum absolute atomic E-state index is 13.5. The van der Waals surface area contributed by atoms with Crippen LogP contribution in [-0.2, 0) is 14.3 Å². The van der Waals surface area contributed by atoms with Crippen LogP contribution in [-0.4, -0.2) is 59.0 Å². The Labute approximate surface area is 214 Å². The highest BCUT2D eigenvalue weighted by molar-refractivity contribution is 5.91. The van der Waals surface area contributed by atoms with Crippen molar-refractivity contribution >= 4 is 11.9 Å². The number of ether oxygens (including phenoxy) is 2. The summed E-state index contributed by atoms with van der Waals surface area (Å²) in [6.45, 7) is 6.40. The van der Waals surface area contributed by atoms with Gasteiger partial charge in [0.1, 0.15) is 5.56 Å². The molecule has 7 heteroatoms. The summed E-state index contributed by atoms with van der Waals surface area (Å²) in [7, 11) is 0. The highest BCUT2D eigenvalue weighted by atomic mass is 16.5. The Morgan fingerprint density at radius 1 is 1.03 bits per heavy atom. The number of likely N-dealkylation sites (tertiary alicyclic amines) is 1. The number of amides is 1. The van der Waals surface area contributed by atoms with Crippen LogP contribution in [0, 0.1) is 5.92 Å². The number of rotatable bonds is 9. The number of nitrogens with zero attached hydrogens (tertiary/aromatic N) is 3. The topological polar surface area (TPSA) is 73.7 Å². The summed E-state index contributed by atoms with van der Waals surface area (Å²) in [6, 6.07) is 8.76. The molecule has 1 amide bonds. The molecule has 1 aromatic carbocycles. The molecule has 36 heavy (non-hydrogen) atoms. The molecule has 3 atom stereocenters. The number of esters is 1. The third kappa shape index (κ3) is 5.22. The van der Waals surface area contributed by atoms with E-state index in [-0.39, 0.29) is 17.9 Å². The van der Waals surface area contributed by atoms with Crippen molar-refractivity contribution in [2.45, 2.75) is 83.1 Å². The fourth-order valence-corrected chi connectivity index (χ4v) is 6.09. The monoisotopic (exact) mass is 493 g/mol. The molecule has 1 saturated heterocycles. The molecule has 2 unspecified atom stereocenters. The van der Waals surface area contributed by atoms with Gasteiger partial charge in [-0.05, 0) is 82.4 Å². The van der Waals surface area contributed by atoms with Gasteiger partial charge in [-0.15, -0.1) is 0 Å². The lowest BCUT2D eigenvalue weighted by Crippen LogP contribution is -2.42. The van der Waals surface area contributed by atoms with Crippen molar-refractivity contribution in [3.8, 4) is 5.69 Å². The Balaban J connectivity index is 1.33. The summed E-state index contributed by atoms with van der Waals surface area (Å²) < 4.78 is 12.9. The quantitative estimate of drug-likeness (QED) is 0.448. The minimum atomic E-state index is -0.292. The van der Waals surface area contributed by atoms with Crippen LogP contribution in [0.2, 0.25) is 0 Å². The first kappa shape index (κ1) is 25.0. The summed E-state index contributed by atoms with van der Waals surface area (Å²) in [6.07, 6.45) is 9.95. The number of carbonyl (C=O) groups is 2. The Bertz CT molecular complexity index is 1080. The zero-order valence-corrected chi connectivity index (χ0v) is 21.7. The third-order valence-electron chi connectivity index (χ3n) is 8.05. The number of hydrogen-bond donors (Lipinski definition) is 0. The van der Waals surface area contributed by atoms with E-state index in [1.807, 2.05) is 18.5 Å². The zero-order valence-electron chi connectivity index (χ0n) is 21.7. The van der Waals surface area contributed by atoms with E-state index in [1.54, 1.807) is 6.20 Å². The molecule has 1 aliphatic heterocycles. The van der Waals surface area contributed by atoms with E-state index in [1.165, 1.54) is 5.56 Å². The van der Waals surface area contributed by atoms with E-state index in [2.05, 4.69) is 34.3 Å². The van der Waals surface area contributed by atoms with Crippen LogP contribution in [0.15, 0.2) is 30.5 Å². The molecule has 2 aliphatic carbocycles. The minimum Gasteiger partial charge on any atom is -0.462 e. The Kier molecular flexibility index (Phi) is 7.75. The highest BCUT2D eigenvalue weighted by Gasteiger charge is 2.37. The van der Waals surface area contributed by atoms with Gasteiger partial charge in [0, 0.05) is 25.0 Å². The van der Waals surface area contributed by atoms with Crippen LogP contribution in [0.4, 0.5) is 0 Å². The molecular formula is C29H39N3O4. The summed E-state index contributed by atoms with van der Waals surface area (Å²) >= 11 is 0. The standard InChI is InChI=1S/C29H39N3O4/c1-3-35-19-25-12-7-15-31(25)28(33)23-10-5-8-21(16-23)22-9-6-11-24(17-22)32-27(20-13-14-20)26(18-30-32)29(34)36-4-2/h6,9,11,17-18,20-21,23,25H,3-5,7-8,10,12-16,19H2,1-2H3/t21?,23?,25-/m0/s1. The molecule has 2 aromatic rings. The maximum atomic E-state index is 13.5. The van der Waals surface area contributed by atoms with Crippen molar-refractivity contribution in [2.24, 2.45) is 5.92 Å². The second-order valence-electron chi connectivity index (χ2n) is 10.5. The van der Waals surface area contributed by atoms with E-state index >= 15 is 0 Å². The van der Waals surface area contributed by atoms with Gasteiger partial charge in [0.25, 0.3) is 0 Å². The van der Waals surface area contributed by atoms with Crippen molar-refractivity contribution in [1.29, 1.82) is 0 Å². The van der Waals surface area contributed by atoms with Gasteiger partial charge in [-0.3, -0.25) is 4.79 Å². The molecule has 3 fully saturated rings. The van der Waals surface area contributed by atoms with E-state index in [4.69, 9.17) is 9.47 Å². The predicted octanol–water partition coefficient (Wildman–Crippen LogP) is 5.23. The average molecular weight is 494 g/mol. The number of carbonyl (C=O) groups excluding carboxylic acids is 2. The third-order valence-corrected chi connectivity index (χ3v) is 8.05. The van der Waals surface area contributed by atoms with Gasteiger partial charge in [0.15, 0.2) is 0 Å². The second kappa shape index (κ2) is 11.2. The molecule has 7 nitrogen and oxygen atoms in total. The first-order chi connectivity index (χ1) is 17.6. The molecule has 0 radical (unpaired) electrons. The van der Waals surface area contributed by atoms with E-state index in [9.17, 15) is 9.59 Å². The second-order valence-corrected chi connectivity index (χ2v) is 10.5. The summed E-state index contributed by atoms with van der Waals surface area (Å²) in [5, 5.41) is 4.61. The number of aromatic nitrogens is 2. The van der Waals surface area contributed by atoms with Crippen molar-refractivity contribution < 1.29 is 19.1 Å². The first-order valence-corrected chi connectivity index (χ1v) is 13.8. The van der Waals surface area contributed by atoms with Crippen molar-refractivity contribution in [3.05, 3.63) is 47.3 Å². The Morgan fingerprint density at radius 2 is 1.89 bits per heavy atom. The molecule has 3 aliphatic rings. The molecule has 0 bridgehead atoms. The van der Waals surface area contributed by atoms with Gasteiger partial charge >= 0.3 is 5.97 Å². The molecule has 194 valence electrons. The van der Waals surface area contributed by atoms with Gasteiger partial charge in [0.05, 0.1) is 36.8 Å². The van der Waals surface area contributed by atoms with Crippen LogP contribution in [0.3, 0.4) is 0 Å². The molecular weight excluding hydrogens is 454 g/mol. The lowest BCUT2D eigenvalue weighted by Gasteiger charge is -2.34. The van der Waals surface area contributed by atoms with Gasteiger partial charge in [-0.2, -0.15) is 5.10 Å². The SMILES string of the molecule is CCOC[C@@H]1CCCN1C(=O)C1CCCC(c2cccc(-n3ncc(C(=O)OCC)c3C3CC3)c2)C1. The van der Waals surface area contributed by atoms with Crippen LogP contribution in [0.1, 0.15) is 98.7 Å². The van der Waals surface area contributed by atoms with Crippen molar-refractivity contribution in [3.63, 3.8) is 0 Å². The summed E-state index contributed by atoms with van der Waals surface area (Å²) in [5.74, 6) is 0.819. The first-order valence-electron chi connectivity index (χ1n) is 13.8. The van der Waals surface area contributed by atoms with Crippen molar-refractivity contribution in [2.75, 3.05) is 26.4 Å². The molecule has 5 rings (SSSR count). The molecule has 1 aromatic heterocycles. The van der Waals surface area contributed by atoms with Gasteiger partial charge in [0.2, 0.25) is 5.91 Å². The average Bonchev–Trinajstić information content (AvgIpc) is 3.47. The lowest BCUT2D eigenvalue weighted by molar-refractivity contribution is -0.138. The van der Waals surface area contributed by atoms with Crippen molar-refractivity contribution in [1.82, 2.24) is 14.7 Å². The molecule has 0 spiro atoms. The molecule has 2 saturated carbocycles. The van der Waals surface area contributed by atoms with Crippen LogP contribution < -0.4 is 0 Å². The van der Waals surface area contributed by atoms with Gasteiger partial charge in [-0.25, -0.2) is 9.48 Å². The maximum Gasteiger partial charge on any atom is 0.341 e. The van der Waals surface area contributed by atoms with Gasteiger partial charge in [-0.1, -0.05) is 18.6 Å². The summed E-state index contributed by atoms with van der Waals surface area (Å²) in [4.78, 5) is 28.1. The molecule has 2 heterocycles. The predicted molar refractivity (Wildman–Crippen MR) is 137 cm³/mol. The van der Waals surface area contributed by atoms with Crippen LogP contribution >= 0.6 is 0 Å². The zero-order chi connectivity index (χ0) is 25.1. The largest absolute Gasteiger partial charge is 0.462 e. The van der Waals surface area contributed by atoms with Crippen LogP contribution in [0.25, 0.3) is 5.69 Å². The Morgan fingerprint density at radius 3 is 2.67 bits per heavy atom. The number of benzene rings is 1. The molecule has 0 N–H and O–H groups in total. The fraction of sp³-hybridized carbons (Fsp3) is 0.621. The van der Waals surface area contributed by atoms with E-state index in [0.29, 0.717) is 43.1 Å².